The predicted molar refractivity (Wildman–Crippen MR) is 73.2 cm³/mol. The first-order chi connectivity index (χ1) is 9.29. The van der Waals surface area contributed by atoms with Crippen LogP contribution in [0.15, 0.2) is 47.3 Å². The van der Waals surface area contributed by atoms with Gasteiger partial charge < -0.3 is 8.98 Å². The Morgan fingerprint density at radius 1 is 1.42 bits per heavy atom. The molecule has 0 radical (unpaired) electrons. The van der Waals surface area contributed by atoms with Gasteiger partial charge >= 0.3 is 0 Å². The molecule has 98 valence electrons. The molecular formula is C14H16N4O. The summed E-state index contributed by atoms with van der Waals surface area (Å²) in [6, 6.07) is 7.92. The van der Waals surface area contributed by atoms with Gasteiger partial charge in [-0.15, -0.1) is 0 Å². The minimum Gasteiger partial charge on any atom is -0.464 e. The topological polar surface area (TPSA) is 69.0 Å². The Balaban J connectivity index is 1.96. The summed E-state index contributed by atoms with van der Waals surface area (Å²) in [5.41, 5.74) is 4.78. The summed E-state index contributed by atoms with van der Waals surface area (Å²) in [5, 5.41) is 1.08. The normalized spacial score (nSPS) is 12.9. The van der Waals surface area contributed by atoms with Gasteiger partial charge in [0.1, 0.15) is 11.4 Å². The Hall–Kier alpha value is -2.11. The Morgan fingerprint density at radius 2 is 2.26 bits per heavy atom. The summed E-state index contributed by atoms with van der Waals surface area (Å²) in [4.78, 5) is 4.33. The van der Waals surface area contributed by atoms with Gasteiger partial charge in [0, 0.05) is 36.8 Å². The third kappa shape index (κ3) is 2.14. The van der Waals surface area contributed by atoms with Crippen LogP contribution in [-0.2, 0) is 13.5 Å². The summed E-state index contributed by atoms with van der Waals surface area (Å²) in [5.74, 6) is 6.67. The van der Waals surface area contributed by atoms with E-state index in [1.807, 2.05) is 42.1 Å². The van der Waals surface area contributed by atoms with E-state index < -0.39 is 0 Å². The fourth-order valence-electron chi connectivity index (χ4n) is 2.30. The smallest absolute Gasteiger partial charge is 0.134 e. The molecular weight excluding hydrogens is 240 g/mol. The molecule has 3 rings (SSSR count). The van der Waals surface area contributed by atoms with Crippen LogP contribution in [0.1, 0.15) is 17.4 Å². The van der Waals surface area contributed by atoms with E-state index in [1.54, 1.807) is 12.5 Å². The van der Waals surface area contributed by atoms with E-state index in [0.717, 1.165) is 22.4 Å². The van der Waals surface area contributed by atoms with Crippen molar-refractivity contribution in [2.45, 2.75) is 12.5 Å². The van der Waals surface area contributed by atoms with E-state index in [1.165, 1.54) is 0 Å². The molecule has 3 aromatic rings. The molecule has 0 fully saturated rings. The van der Waals surface area contributed by atoms with Crippen molar-refractivity contribution in [1.82, 2.24) is 15.0 Å². The van der Waals surface area contributed by atoms with Crippen molar-refractivity contribution in [3.8, 4) is 0 Å². The Kier molecular flexibility index (Phi) is 3.06. The quantitative estimate of drug-likeness (QED) is 0.552. The molecule has 0 amide bonds. The largest absolute Gasteiger partial charge is 0.464 e. The molecule has 0 saturated heterocycles. The van der Waals surface area contributed by atoms with E-state index in [-0.39, 0.29) is 6.04 Å². The number of hydrazine groups is 1. The van der Waals surface area contributed by atoms with E-state index in [0.29, 0.717) is 6.42 Å². The molecule has 1 unspecified atom stereocenters. The number of imidazole rings is 1. The molecule has 19 heavy (non-hydrogen) atoms. The van der Waals surface area contributed by atoms with E-state index >= 15 is 0 Å². The highest BCUT2D eigenvalue weighted by molar-refractivity contribution is 5.81. The molecule has 3 N–H and O–H groups in total. The van der Waals surface area contributed by atoms with Gasteiger partial charge in [-0.05, 0) is 6.07 Å². The van der Waals surface area contributed by atoms with Crippen LogP contribution in [0.2, 0.25) is 0 Å². The number of aromatic nitrogens is 2. The lowest BCUT2D eigenvalue weighted by Gasteiger charge is -2.14. The highest BCUT2D eigenvalue weighted by atomic mass is 16.3. The Labute approximate surface area is 111 Å². The first-order valence-corrected chi connectivity index (χ1v) is 6.18. The standard InChI is InChI=1S/C14H16N4O/c1-18-7-6-16-14(18)8-12(17-15)11-9-19-13-5-3-2-4-10(11)13/h2-7,9,12,17H,8,15H2,1H3. The molecule has 5 heteroatoms. The number of nitrogens with one attached hydrogen (secondary N) is 1. The van der Waals surface area contributed by atoms with Crippen molar-refractivity contribution < 1.29 is 4.42 Å². The second kappa shape index (κ2) is 4.87. The van der Waals surface area contributed by atoms with Crippen LogP contribution in [0.3, 0.4) is 0 Å². The van der Waals surface area contributed by atoms with E-state index in [4.69, 9.17) is 10.3 Å². The van der Waals surface area contributed by atoms with Crippen molar-refractivity contribution in [2.75, 3.05) is 0 Å². The highest BCUT2D eigenvalue weighted by Crippen LogP contribution is 2.27. The molecule has 1 atom stereocenters. The molecule has 0 bridgehead atoms. The van der Waals surface area contributed by atoms with Gasteiger partial charge in [-0.25, -0.2) is 4.98 Å². The molecule has 5 nitrogen and oxygen atoms in total. The summed E-state index contributed by atoms with van der Waals surface area (Å²) < 4.78 is 7.55. The van der Waals surface area contributed by atoms with E-state index in [9.17, 15) is 0 Å². The van der Waals surface area contributed by atoms with Crippen LogP contribution in [0.25, 0.3) is 11.0 Å². The first-order valence-electron chi connectivity index (χ1n) is 6.18. The van der Waals surface area contributed by atoms with Crippen LogP contribution < -0.4 is 11.3 Å². The van der Waals surface area contributed by atoms with Crippen molar-refractivity contribution in [3.05, 3.63) is 54.3 Å². The molecule has 0 spiro atoms. The summed E-state index contributed by atoms with van der Waals surface area (Å²) in [6.07, 6.45) is 6.19. The number of nitrogens with two attached hydrogens (primary N) is 1. The number of benzene rings is 1. The van der Waals surface area contributed by atoms with Gasteiger partial charge in [0.25, 0.3) is 0 Å². The third-order valence-corrected chi connectivity index (χ3v) is 3.40. The van der Waals surface area contributed by atoms with Crippen LogP contribution in [0.5, 0.6) is 0 Å². The summed E-state index contributed by atoms with van der Waals surface area (Å²) in [7, 11) is 1.98. The molecule has 1 aromatic carbocycles. The van der Waals surface area contributed by atoms with Crippen LogP contribution >= 0.6 is 0 Å². The zero-order chi connectivity index (χ0) is 13.2. The second-order valence-electron chi connectivity index (χ2n) is 4.56. The minimum atomic E-state index is -0.0234. The minimum absolute atomic E-state index is 0.0234. The number of nitrogens with zero attached hydrogens (tertiary/aromatic N) is 2. The number of fused-ring (bicyclic) bond motifs is 1. The maximum atomic E-state index is 5.69. The van der Waals surface area contributed by atoms with Crippen molar-refractivity contribution in [1.29, 1.82) is 0 Å². The lowest BCUT2D eigenvalue weighted by atomic mass is 10.0. The van der Waals surface area contributed by atoms with Crippen LogP contribution in [-0.4, -0.2) is 9.55 Å². The van der Waals surface area contributed by atoms with Gasteiger partial charge in [0.05, 0.1) is 12.3 Å². The zero-order valence-electron chi connectivity index (χ0n) is 10.7. The maximum Gasteiger partial charge on any atom is 0.134 e. The lowest BCUT2D eigenvalue weighted by Crippen LogP contribution is -2.30. The summed E-state index contributed by atoms with van der Waals surface area (Å²) >= 11 is 0. The number of rotatable bonds is 4. The fourth-order valence-corrected chi connectivity index (χ4v) is 2.30. The SMILES string of the molecule is Cn1ccnc1CC(NN)c1coc2ccccc12. The van der Waals surface area contributed by atoms with Crippen molar-refractivity contribution in [3.63, 3.8) is 0 Å². The number of aryl methyl sites for hydroxylation is 1. The number of hydrogen-bond donors (Lipinski definition) is 2. The predicted octanol–water partition coefficient (Wildman–Crippen LogP) is 1.91. The monoisotopic (exact) mass is 256 g/mol. The lowest BCUT2D eigenvalue weighted by molar-refractivity contribution is 0.520. The fraction of sp³-hybridized carbons (Fsp3) is 0.214. The Bertz CT molecular complexity index is 685. The van der Waals surface area contributed by atoms with Crippen LogP contribution in [0, 0.1) is 0 Å². The van der Waals surface area contributed by atoms with Gasteiger partial charge in [-0.3, -0.25) is 11.3 Å². The third-order valence-electron chi connectivity index (χ3n) is 3.40. The summed E-state index contributed by atoms with van der Waals surface area (Å²) in [6.45, 7) is 0. The first kappa shape index (κ1) is 12.0. The molecule has 2 aromatic heterocycles. The van der Waals surface area contributed by atoms with Crippen molar-refractivity contribution >= 4 is 11.0 Å². The highest BCUT2D eigenvalue weighted by Gasteiger charge is 2.17. The van der Waals surface area contributed by atoms with Gasteiger partial charge in [-0.1, -0.05) is 18.2 Å². The van der Waals surface area contributed by atoms with E-state index in [2.05, 4.69) is 10.4 Å². The second-order valence-corrected chi connectivity index (χ2v) is 4.56. The molecule has 0 aliphatic heterocycles. The van der Waals surface area contributed by atoms with Gasteiger partial charge in [0.15, 0.2) is 0 Å². The van der Waals surface area contributed by atoms with Crippen LogP contribution in [0.4, 0.5) is 0 Å². The molecule has 2 heterocycles. The van der Waals surface area contributed by atoms with Gasteiger partial charge in [0.2, 0.25) is 0 Å². The molecule has 0 aliphatic rings. The molecule has 0 saturated carbocycles. The molecule has 0 aliphatic carbocycles. The number of hydrogen-bond acceptors (Lipinski definition) is 4. The average molecular weight is 256 g/mol. The number of para-hydroxylation sites is 1. The Morgan fingerprint density at radius 3 is 3.00 bits per heavy atom. The zero-order valence-corrected chi connectivity index (χ0v) is 10.7. The number of furan rings is 1. The van der Waals surface area contributed by atoms with Gasteiger partial charge in [-0.2, -0.15) is 0 Å². The van der Waals surface area contributed by atoms with Crippen molar-refractivity contribution in [2.24, 2.45) is 12.9 Å². The average Bonchev–Trinajstić information content (AvgIpc) is 3.03. The maximum absolute atomic E-state index is 5.69.